The second kappa shape index (κ2) is 6.51. The van der Waals surface area contributed by atoms with Gasteiger partial charge in [0.05, 0.1) is 0 Å². The van der Waals surface area contributed by atoms with E-state index in [1.807, 2.05) is 18.2 Å². The zero-order valence-electron chi connectivity index (χ0n) is 11.2. The molecule has 0 saturated heterocycles. The Kier molecular flexibility index (Phi) is 4.68. The summed E-state index contributed by atoms with van der Waals surface area (Å²) >= 11 is 13.5. The zero-order chi connectivity index (χ0) is 14.8. The van der Waals surface area contributed by atoms with Crippen LogP contribution in [0.5, 0.6) is 0 Å². The van der Waals surface area contributed by atoms with Crippen molar-refractivity contribution in [2.24, 2.45) is 0 Å². The van der Waals surface area contributed by atoms with Gasteiger partial charge in [-0.2, -0.15) is 0 Å². The summed E-state index contributed by atoms with van der Waals surface area (Å²) in [5.41, 5.74) is 2.51. The predicted molar refractivity (Wildman–Crippen MR) is 98.5 cm³/mol. The highest BCUT2D eigenvalue weighted by molar-refractivity contribution is 9.11. The first-order valence-electron chi connectivity index (χ1n) is 6.71. The summed E-state index contributed by atoms with van der Waals surface area (Å²) in [5, 5.41) is 3.35. The van der Waals surface area contributed by atoms with Crippen LogP contribution in [0.4, 0.5) is 0 Å². The molecule has 0 saturated carbocycles. The van der Waals surface area contributed by atoms with E-state index < -0.39 is 0 Å². The van der Waals surface area contributed by atoms with Crippen molar-refractivity contribution >= 4 is 54.2 Å². The number of hydrogen-bond donors (Lipinski definition) is 0. The van der Waals surface area contributed by atoms with Gasteiger partial charge in [-0.15, -0.1) is 0 Å². The Morgan fingerprint density at radius 3 is 2.57 bits per heavy atom. The summed E-state index contributed by atoms with van der Waals surface area (Å²) < 4.78 is 1.08. The Hall–Kier alpha value is -0.830. The van der Waals surface area contributed by atoms with Crippen LogP contribution < -0.4 is 0 Å². The van der Waals surface area contributed by atoms with Crippen molar-refractivity contribution in [3.8, 4) is 0 Å². The van der Waals surface area contributed by atoms with Gasteiger partial charge in [0.15, 0.2) is 0 Å². The molecule has 0 spiro atoms. The Bertz CT molecular complexity index is 778. The molecule has 21 heavy (non-hydrogen) atoms. The molecule has 3 rings (SSSR count). The third-order valence-electron chi connectivity index (χ3n) is 3.57. The molecule has 0 N–H and O–H groups in total. The van der Waals surface area contributed by atoms with E-state index in [2.05, 4.69) is 74.3 Å². The van der Waals surface area contributed by atoms with Crippen LogP contribution >= 0.6 is 43.5 Å². The van der Waals surface area contributed by atoms with E-state index in [1.165, 1.54) is 21.9 Å². The lowest BCUT2D eigenvalue weighted by molar-refractivity contribution is 0.952. The molecule has 0 heterocycles. The average Bonchev–Trinajstić information content (AvgIpc) is 2.50. The van der Waals surface area contributed by atoms with Crippen molar-refractivity contribution in [2.75, 3.05) is 0 Å². The summed E-state index contributed by atoms with van der Waals surface area (Å²) in [5.74, 6) is 0. The summed E-state index contributed by atoms with van der Waals surface area (Å²) in [4.78, 5) is 0.219. The quantitative estimate of drug-likeness (QED) is 0.400. The maximum atomic E-state index is 6.12. The van der Waals surface area contributed by atoms with E-state index in [0.29, 0.717) is 0 Å². The highest BCUT2D eigenvalue weighted by Gasteiger charge is 2.14. The number of fused-ring (bicyclic) bond motifs is 1. The van der Waals surface area contributed by atoms with Crippen LogP contribution in [0.15, 0.2) is 65.1 Å². The minimum atomic E-state index is 0.219. The molecule has 0 amide bonds. The second-order valence-electron chi connectivity index (χ2n) is 4.98. The first-order valence-corrected chi connectivity index (χ1v) is 8.79. The van der Waals surface area contributed by atoms with Gasteiger partial charge in [0.2, 0.25) is 0 Å². The molecule has 1 unspecified atom stereocenters. The van der Waals surface area contributed by atoms with Crippen LogP contribution in [-0.2, 0) is 6.42 Å². The first kappa shape index (κ1) is 15.1. The first-order chi connectivity index (χ1) is 10.1. The van der Waals surface area contributed by atoms with Gasteiger partial charge in [-0.25, -0.2) is 0 Å². The molecule has 0 aliphatic carbocycles. The van der Waals surface area contributed by atoms with Gasteiger partial charge in [0.1, 0.15) is 0 Å². The largest absolute Gasteiger partial charge is 0.0843 e. The highest BCUT2D eigenvalue weighted by atomic mass is 79.9. The highest BCUT2D eigenvalue weighted by Crippen LogP contribution is 2.35. The van der Waals surface area contributed by atoms with Gasteiger partial charge in [-0.1, -0.05) is 85.9 Å². The molecule has 0 nitrogen and oxygen atoms in total. The summed E-state index contributed by atoms with van der Waals surface area (Å²) in [7, 11) is 0. The summed E-state index contributed by atoms with van der Waals surface area (Å²) in [6, 6.07) is 20.8. The number of hydrogen-bond acceptors (Lipinski definition) is 0. The van der Waals surface area contributed by atoms with Gasteiger partial charge in [0, 0.05) is 14.3 Å². The van der Waals surface area contributed by atoms with E-state index in [0.717, 1.165) is 15.9 Å². The van der Waals surface area contributed by atoms with Gasteiger partial charge >= 0.3 is 0 Å². The number of benzene rings is 3. The van der Waals surface area contributed by atoms with Gasteiger partial charge in [-0.3, -0.25) is 0 Å². The van der Waals surface area contributed by atoms with E-state index in [4.69, 9.17) is 11.6 Å². The van der Waals surface area contributed by atoms with E-state index in [-0.39, 0.29) is 4.83 Å². The zero-order valence-corrected chi connectivity index (χ0v) is 15.1. The Labute approximate surface area is 146 Å². The summed E-state index contributed by atoms with van der Waals surface area (Å²) in [6.07, 6.45) is 0.917. The molecule has 0 radical (unpaired) electrons. The fourth-order valence-electron chi connectivity index (χ4n) is 2.53. The number of alkyl halides is 1. The minimum Gasteiger partial charge on any atom is -0.0843 e. The Morgan fingerprint density at radius 2 is 1.71 bits per heavy atom. The molecule has 106 valence electrons. The molecular formula is C18H13Br2Cl. The van der Waals surface area contributed by atoms with Crippen molar-refractivity contribution in [3.05, 3.63) is 81.3 Å². The molecule has 0 aliphatic heterocycles. The van der Waals surface area contributed by atoms with Crippen LogP contribution in [0.3, 0.4) is 0 Å². The molecular weight excluding hydrogens is 411 g/mol. The molecule has 0 aromatic heterocycles. The number of rotatable bonds is 3. The topological polar surface area (TPSA) is 0 Å². The van der Waals surface area contributed by atoms with Crippen molar-refractivity contribution in [3.63, 3.8) is 0 Å². The van der Waals surface area contributed by atoms with Crippen molar-refractivity contribution in [1.29, 1.82) is 0 Å². The molecule has 0 fully saturated rings. The molecule has 0 aliphatic rings. The van der Waals surface area contributed by atoms with Gasteiger partial charge in [0.25, 0.3) is 0 Å². The molecule has 3 heteroatoms. The average molecular weight is 425 g/mol. The standard InChI is InChI=1S/C18H13Br2Cl/c19-17-9-8-14(21)11-16(17)18(20)10-13-6-3-5-12-4-1-2-7-15(12)13/h1-9,11,18H,10H2. The lowest BCUT2D eigenvalue weighted by atomic mass is 9.98. The van der Waals surface area contributed by atoms with E-state index >= 15 is 0 Å². The summed E-state index contributed by atoms with van der Waals surface area (Å²) in [6.45, 7) is 0. The molecule has 1 atom stereocenters. The van der Waals surface area contributed by atoms with Gasteiger partial charge in [-0.05, 0) is 46.5 Å². The van der Waals surface area contributed by atoms with Gasteiger partial charge < -0.3 is 0 Å². The lowest BCUT2D eigenvalue weighted by Gasteiger charge is -2.14. The molecule has 3 aromatic rings. The fourth-order valence-corrected chi connectivity index (χ4v) is 4.27. The Morgan fingerprint density at radius 1 is 0.952 bits per heavy atom. The van der Waals surface area contributed by atoms with Crippen LogP contribution in [0.2, 0.25) is 5.02 Å². The maximum Gasteiger partial charge on any atom is 0.0447 e. The van der Waals surface area contributed by atoms with E-state index in [9.17, 15) is 0 Å². The fraction of sp³-hybridized carbons (Fsp3) is 0.111. The predicted octanol–water partition coefficient (Wildman–Crippen LogP) is 6.93. The van der Waals surface area contributed by atoms with Crippen molar-refractivity contribution in [1.82, 2.24) is 0 Å². The van der Waals surface area contributed by atoms with Crippen molar-refractivity contribution in [2.45, 2.75) is 11.2 Å². The SMILES string of the molecule is Clc1ccc(Br)c(C(Br)Cc2cccc3ccccc23)c1. The third-order valence-corrected chi connectivity index (χ3v) is 5.35. The second-order valence-corrected chi connectivity index (χ2v) is 7.37. The number of halogens is 3. The third kappa shape index (κ3) is 3.33. The van der Waals surface area contributed by atoms with Crippen LogP contribution in [-0.4, -0.2) is 0 Å². The van der Waals surface area contributed by atoms with Crippen molar-refractivity contribution < 1.29 is 0 Å². The smallest absolute Gasteiger partial charge is 0.0447 e. The minimum absolute atomic E-state index is 0.219. The van der Waals surface area contributed by atoms with Crippen LogP contribution in [0.1, 0.15) is 16.0 Å². The Balaban J connectivity index is 1.96. The van der Waals surface area contributed by atoms with Crippen LogP contribution in [0.25, 0.3) is 10.8 Å². The van der Waals surface area contributed by atoms with E-state index in [1.54, 1.807) is 0 Å². The maximum absolute atomic E-state index is 6.12. The molecule has 0 bridgehead atoms. The monoisotopic (exact) mass is 422 g/mol. The normalized spacial score (nSPS) is 12.5. The lowest BCUT2D eigenvalue weighted by Crippen LogP contribution is -1.97. The van der Waals surface area contributed by atoms with Crippen LogP contribution in [0, 0.1) is 0 Å². The molecule has 3 aromatic carbocycles.